The number of ether oxygens (including phenoxy) is 1. The van der Waals surface area contributed by atoms with Gasteiger partial charge in [-0.1, -0.05) is 6.07 Å². The van der Waals surface area contributed by atoms with Gasteiger partial charge in [-0.3, -0.25) is 9.67 Å². The summed E-state index contributed by atoms with van der Waals surface area (Å²) in [5.74, 6) is -0.195. The lowest BCUT2D eigenvalue weighted by Gasteiger charge is -2.09. The minimum atomic E-state index is -3.11. The number of halogens is 3. The van der Waals surface area contributed by atoms with Crippen LogP contribution in [0, 0.1) is 12.7 Å². The van der Waals surface area contributed by atoms with Crippen LogP contribution in [0.5, 0.6) is 5.75 Å². The lowest BCUT2D eigenvalue weighted by atomic mass is 10.1. The largest absolute Gasteiger partial charge is 0.444 e. The monoisotopic (exact) mass is 374 g/mol. The van der Waals surface area contributed by atoms with Gasteiger partial charge >= 0.3 is 6.61 Å². The molecule has 3 heterocycles. The molecule has 0 unspecified atom stereocenters. The zero-order chi connectivity index (χ0) is 19.0. The fourth-order valence-electron chi connectivity index (χ4n) is 2.71. The van der Waals surface area contributed by atoms with E-state index in [1.165, 1.54) is 12.1 Å². The van der Waals surface area contributed by atoms with E-state index in [0.29, 0.717) is 40.4 Å². The first-order valence-corrected chi connectivity index (χ1v) is 7.97. The maximum atomic E-state index is 13.7. The molecule has 138 valence electrons. The van der Waals surface area contributed by atoms with Crippen LogP contribution < -0.4 is 4.74 Å². The van der Waals surface area contributed by atoms with Crippen molar-refractivity contribution >= 4 is 11.0 Å². The Bertz CT molecular complexity index is 1110. The molecular formula is C18H13F3N4O2. The third-order valence-electron chi connectivity index (χ3n) is 3.93. The second-order valence-electron chi connectivity index (χ2n) is 5.82. The molecule has 0 atom stereocenters. The van der Waals surface area contributed by atoms with Gasteiger partial charge in [0.1, 0.15) is 17.8 Å². The summed E-state index contributed by atoms with van der Waals surface area (Å²) in [5, 5.41) is 4.28. The number of fused-ring (bicyclic) bond motifs is 1. The normalized spacial score (nSPS) is 11.4. The van der Waals surface area contributed by atoms with Crippen molar-refractivity contribution in [2.45, 2.75) is 20.1 Å². The first-order chi connectivity index (χ1) is 13.0. The van der Waals surface area contributed by atoms with E-state index in [-0.39, 0.29) is 0 Å². The number of hydrogen-bond donors (Lipinski definition) is 0. The molecule has 4 aromatic rings. The number of nitrogens with zero attached hydrogens (tertiary/aromatic N) is 4. The Morgan fingerprint density at radius 1 is 1.11 bits per heavy atom. The molecule has 1 aromatic carbocycles. The first kappa shape index (κ1) is 17.1. The number of rotatable bonds is 5. The van der Waals surface area contributed by atoms with Crippen LogP contribution in [-0.4, -0.2) is 26.4 Å². The average Bonchev–Trinajstić information content (AvgIpc) is 3.23. The van der Waals surface area contributed by atoms with Gasteiger partial charge < -0.3 is 9.15 Å². The van der Waals surface area contributed by atoms with Gasteiger partial charge in [0.25, 0.3) is 0 Å². The van der Waals surface area contributed by atoms with E-state index >= 15 is 0 Å². The second kappa shape index (κ2) is 6.75. The molecule has 0 spiro atoms. The van der Waals surface area contributed by atoms with E-state index in [1.54, 1.807) is 36.3 Å². The van der Waals surface area contributed by atoms with Crippen molar-refractivity contribution in [2.24, 2.45) is 0 Å². The van der Waals surface area contributed by atoms with Crippen LogP contribution in [0.15, 0.2) is 47.3 Å². The Morgan fingerprint density at radius 2 is 1.96 bits per heavy atom. The molecule has 4 rings (SSSR count). The van der Waals surface area contributed by atoms with Gasteiger partial charge in [-0.15, -0.1) is 0 Å². The van der Waals surface area contributed by atoms with E-state index in [2.05, 4.69) is 19.8 Å². The number of hydrogen-bond acceptors (Lipinski definition) is 5. The molecule has 0 N–H and O–H groups in total. The fourth-order valence-corrected chi connectivity index (χ4v) is 2.71. The van der Waals surface area contributed by atoms with Crippen molar-refractivity contribution in [2.75, 3.05) is 0 Å². The van der Waals surface area contributed by atoms with Crippen molar-refractivity contribution in [3.05, 3.63) is 60.3 Å². The molecule has 0 aliphatic rings. The van der Waals surface area contributed by atoms with Crippen LogP contribution in [0.1, 0.15) is 11.7 Å². The highest BCUT2D eigenvalue weighted by Gasteiger charge is 2.13. The quantitative estimate of drug-likeness (QED) is 0.524. The summed E-state index contributed by atoms with van der Waals surface area (Å²) in [6.45, 7) is -1.00. The zero-order valence-corrected chi connectivity index (χ0v) is 14.1. The number of aromatic nitrogens is 4. The van der Waals surface area contributed by atoms with E-state index in [0.717, 1.165) is 6.07 Å². The predicted molar refractivity (Wildman–Crippen MR) is 89.9 cm³/mol. The molecule has 0 radical (unpaired) electrons. The highest BCUT2D eigenvalue weighted by molar-refractivity contribution is 5.80. The molecule has 0 saturated carbocycles. The standard InChI is InChI=1S/C18H13F3N4O2/c1-10-6-23-17(26-10)9-25-15-4-12(7-22-14(15)8-24-25)11-2-3-13(19)16(5-11)27-18(20)21/h2-8,18H,9H2,1H3. The molecule has 6 nitrogen and oxygen atoms in total. The van der Waals surface area contributed by atoms with E-state index in [4.69, 9.17) is 4.42 Å². The summed E-state index contributed by atoms with van der Waals surface area (Å²) in [6, 6.07) is 5.53. The lowest BCUT2D eigenvalue weighted by molar-refractivity contribution is -0.0521. The van der Waals surface area contributed by atoms with Crippen molar-refractivity contribution in [1.29, 1.82) is 0 Å². The fraction of sp³-hybridized carbons (Fsp3) is 0.167. The number of benzene rings is 1. The average molecular weight is 374 g/mol. The highest BCUT2D eigenvalue weighted by Crippen LogP contribution is 2.29. The van der Waals surface area contributed by atoms with Gasteiger partial charge in [0.05, 0.1) is 17.9 Å². The number of oxazole rings is 1. The highest BCUT2D eigenvalue weighted by atomic mass is 19.3. The van der Waals surface area contributed by atoms with Crippen LogP contribution in [0.25, 0.3) is 22.2 Å². The van der Waals surface area contributed by atoms with Crippen molar-refractivity contribution in [3.63, 3.8) is 0 Å². The van der Waals surface area contributed by atoms with Crippen LogP contribution in [0.2, 0.25) is 0 Å². The number of aryl methyl sites for hydroxylation is 1. The molecule has 0 aliphatic carbocycles. The topological polar surface area (TPSA) is 66.0 Å². The third-order valence-corrected chi connectivity index (χ3v) is 3.93. The maximum absolute atomic E-state index is 13.7. The Balaban J connectivity index is 1.72. The summed E-state index contributed by atoms with van der Waals surface area (Å²) in [4.78, 5) is 8.47. The molecule has 0 fully saturated rings. The van der Waals surface area contributed by atoms with Crippen LogP contribution in [-0.2, 0) is 6.54 Å². The van der Waals surface area contributed by atoms with Gasteiger partial charge in [-0.2, -0.15) is 13.9 Å². The van der Waals surface area contributed by atoms with E-state index < -0.39 is 18.2 Å². The minimum Gasteiger partial charge on any atom is -0.444 e. The Morgan fingerprint density at radius 3 is 2.70 bits per heavy atom. The Hall–Kier alpha value is -3.36. The minimum absolute atomic E-state index is 0.311. The molecule has 0 saturated heterocycles. The van der Waals surface area contributed by atoms with Gasteiger partial charge in [-0.05, 0) is 30.7 Å². The summed E-state index contributed by atoms with van der Waals surface area (Å²) in [5.41, 5.74) is 2.44. The summed E-state index contributed by atoms with van der Waals surface area (Å²) >= 11 is 0. The third kappa shape index (κ3) is 3.48. The Labute approximate surface area is 151 Å². The van der Waals surface area contributed by atoms with Crippen LogP contribution >= 0.6 is 0 Å². The van der Waals surface area contributed by atoms with Gasteiger partial charge in [0, 0.05) is 11.8 Å². The van der Waals surface area contributed by atoms with Gasteiger partial charge in [0.2, 0.25) is 5.89 Å². The first-order valence-electron chi connectivity index (χ1n) is 7.97. The van der Waals surface area contributed by atoms with Crippen LogP contribution in [0.4, 0.5) is 13.2 Å². The van der Waals surface area contributed by atoms with Crippen molar-refractivity contribution in [1.82, 2.24) is 19.7 Å². The lowest BCUT2D eigenvalue weighted by Crippen LogP contribution is -2.04. The van der Waals surface area contributed by atoms with Gasteiger partial charge in [-0.25, -0.2) is 9.37 Å². The second-order valence-corrected chi connectivity index (χ2v) is 5.82. The number of alkyl halides is 2. The van der Waals surface area contributed by atoms with Gasteiger partial charge in [0.15, 0.2) is 11.6 Å². The molecule has 0 amide bonds. The zero-order valence-electron chi connectivity index (χ0n) is 14.1. The molecule has 9 heteroatoms. The summed E-state index contributed by atoms with van der Waals surface area (Å²) in [6.07, 6.45) is 4.78. The molecule has 27 heavy (non-hydrogen) atoms. The van der Waals surface area contributed by atoms with E-state index in [1.807, 2.05) is 0 Å². The number of pyridine rings is 1. The predicted octanol–water partition coefficient (Wildman–Crippen LogP) is 4.18. The maximum Gasteiger partial charge on any atom is 0.387 e. The summed E-state index contributed by atoms with van der Waals surface area (Å²) < 4.78 is 49.9. The molecule has 0 bridgehead atoms. The Kier molecular flexibility index (Phi) is 4.27. The molecule has 0 aliphatic heterocycles. The summed E-state index contributed by atoms with van der Waals surface area (Å²) in [7, 11) is 0. The molecule has 3 aromatic heterocycles. The van der Waals surface area contributed by atoms with E-state index in [9.17, 15) is 13.2 Å². The smallest absolute Gasteiger partial charge is 0.387 e. The van der Waals surface area contributed by atoms with Crippen molar-refractivity contribution in [3.8, 4) is 16.9 Å². The SMILES string of the molecule is Cc1cnc(Cn2ncc3ncc(-c4ccc(F)c(OC(F)F)c4)cc32)o1. The van der Waals surface area contributed by atoms with Crippen LogP contribution in [0.3, 0.4) is 0 Å². The molecular weight excluding hydrogens is 361 g/mol. The van der Waals surface area contributed by atoms with Crippen molar-refractivity contribution < 1.29 is 22.3 Å².